The number of hydrogen-bond donors (Lipinski definition) is 1. The first-order valence-corrected chi connectivity index (χ1v) is 6.41. The van der Waals surface area contributed by atoms with Gasteiger partial charge in [0.1, 0.15) is 10.0 Å². The van der Waals surface area contributed by atoms with Gasteiger partial charge in [-0.15, -0.1) is 21.5 Å². The molecule has 0 aromatic carbocycles. The zero-order valence-electron chi connectivity index (χ0n) is 10.2. The summed E-state index contributed by atoms with van der Waals surface area (Å²) in [6.07, 6.45) is 0. The van der Waals surface area contributed by atoms with E-state index < -0.39 is 0 Å². The molecular formula is C11H21N3S. The first-order valence-electron chi connectivity index (χ1n) is 5.59. The predicted molar refractivity (Wildman–Crippen MR) is 65.4 cm³/mol. The summed E-state index contributed by atoms with van der Waals surface area (Å²) in [5.74, 6) is 1.06. The molecule has 0 bridgehead atoms. The maximum Gasteiger partial charge on any atom is 0.122 e. The summed E-state index contributed by atoms with van der Waals surface area (Å²) in [5, 5.41) is 14.1. The Morgan fingerprint density at radius 1 is 1.27 bits per heavy atom. The minimum Gasteiger partial charge on any atom is -0.314 e. The number of nitrogens with zero attached hydrogens (tertiary/aromatic N) is 2. The average molecular weight is 227 g/mol. The van der Waals surface area contributed by atoms with Gasteiger partial charge in [0, 0.05) is 12.0 Å². The molecule has 0 spiro atoms. The largest absolute Gasteiger partial charge is 0.314 e. The fourth-order valence-corrected chi connectivity index (χ4v) is 3.05. The van der Waals surface area contributed by atoms with Gasteiger partial charge in [-0.3, -0.25) is 0 Å². The monoisotopic (exact) mass is 227 g/mol. The third kappa shape index (κ3) is 3.24. The van der Waals surface area contributed by atoms with Crippen molar-refractivity contribution in [2.75, 3.05) is 6.54 Å². The Bertz CT molecular complexity index is 296. The molecule has 1 N–H and O–H groups in total. The van der Waals surface area contributed by atoms with E-state index in [1.54, 1.807) is 11.3 Å². The molecule has 1 aromatic rings. The van der Waals surface area contributed by atoms with E-state index in [9.17, 15) is 0 Å². The molecule has 0 radical (unpaired) electrons. The number of aromatic nitrogens is 2. The molecule has 1 heterocycles. The van der Waals surface area contributed by atoms with E-state index in [1.807, 2.05) is 6.92 Å². The number of aryl methyl sites for hydroxylation is 1. The van der Waals surface area contributed by atoms with Gasteiger partial charge in [-0.25, -0.2) is 0 Å². The lowest BCUT2D eigenvalue weighted by Crippen LogP contribution is -2.34. The highest BCUT2D eigenvalue weighted by Crippen LogP contribution is 2.29. The minimum atomic E-state index is 0.461. The lowest BCUT2D eigenvalue weighted by atomic mass is 9.90. The van der Waals surface area contributed by atoms with Crippen LogP contribution in [0.5, 0.6) is 0 Å². The van der Waals surface area contributed by atoms with Crippen LogP contribution >= 0.6 is 11.3 Å². The van der Waals surface area contributed by atoms with Crippen LogP contribution in [-0.2, 0) is 0 Å². The maximum atomic E-state index is 4.27. The van der Waals surface area contributed by atoms with Gasteiger partial charge < -0.3 is 5.32 Å². The summed E-state index contributed by atoms with van der Waals surface area (Å²) in [7, 11) is 0. The van der Waals surface area contributed by atoms with E-state index in [1.165, 1.54) is 0 Å². The van der Waals surface area contributed by atoms with Crippen molar-refractivity contribution >= 4 is 11.3 Å². The van der Waals surface area contributed by atoms with Crippen molar-refractivity contribution in [3.05, 3.63) is 10.0 Å². The van der Waals surface area contributed by atoms with Crippen molar-refractivity contribution in [1.82, 2.24) is 15.5 Å². The van der Waals surface area contributed by atoms with E-state index in [-0.39, 0.29) is 0 Å². The van der Waals surface area contributed by atoms with Crippen LogP contribution < -0.4 is 5.32 Å². The molecule has 1 rings (SSSR count). The molecule has 15 heavy (non-hydrogen) atoms. The Kier molecular flexibility index (Phi) is 4.67. The standard InChI is InChI=1S/C11H21N3S/c1-6-12-8(4)10(7(2)3)11-14-13-9(5)15-11/h7-8,10,12H,6H2,1-5H3. The highest BCUT2D eigenvalue weighted by molar-refractivity contribution is 7.11. The second kappa shape index (κ2) is 5.56. The smallest absolute Gasteiger partial charge is 0.122 e. The SMILES string of the molecule is CCNC(C)C(c1nnc(C)s1)C(C)C. The van der Waals surface area contributed by atoms with Crippen LogP contribution in [0.2, 0.25) is 0 Å². The molecule has 4 heteroatoms. The molecule has 0 aliphatic rings. The van der Waals surface area contributed by atoms with Crippen molar-refractivity contribution < 1.29 is 0 Å². The Morgan fingerprint density at radius 2 is 1.93 bits per heavy atom. The Morgan fingerprint density at radius 3 is 2.33 bits per heavy atom. The second-order valence-electron chi connectivity index (χ2n) is 4.28. The van der Waals surface area contributed by atoms with Gasteiger partial charge in [0.2, 0.25) is 0 Å². The van der Waals surface area contributed by atoms with Crippen LogP contribution in [0, 0.1) is 12.8 Å². The van der Waals surface area contributed by atoms with E-state index in [2.05, 4.69) is 43.2 Å². The topological polar surface area (TPSA) is 37.8 Å². The van der Waals surface area contributed by atoms with E-state index in [0.29, 0.717) is 17.9 Å². The third-order valence-electron chi connectivity index (χ3n) is 2.61. The van der Waals surface area contributed by atoms with Crippen LogP contribution in [0.3, 0.4) is 0 Å². The summed E-state index contributed by atoms with van der Waals surface area (Å²) in [4.78, 5) is 0. The first-order chi connectivity index (χ1) is 7.06. The molecule has 0 amide bonds. The zero-order valence-corrected chi connectivity index (χ0v) is 11.1. The molecule has 2 unspecified atom stereocenters. The minimum absolute atomic E-state index is 0.461. The summed E-state index contributed by atoms with van der Waals surface area (Å²) < 4.78 is 0. The summed E-state index contributed by atoms with van der Waals surface area (Å²) in [6, 6.07) is 0.461. The Labute approximate surface area is 96.3 Å². The quantitative estimate of drug-likeness (QED) is 0.840. The highest BCUT2D eigenvalue weighted by Gasteiger charge is 2.25. The predicted octanol–water partition coefficient (Wildman–Crippen LogP) is 2.58. The average Bonchev–Trinajstić information content (AvgIpc) is 2.51. The van der Waals surface area contributed by atoms with Gasteiger partial charge in [-0.05, 0) is 26.3 Å². The van der Waals surface area contributed by atoms with Crippen molar-refractivity contribution in [1.29, 1.82) is 0 Å². The van der Waals surface area contributed by atoms with Crippen molar-refractivity contribution in [2.24, 2.45) is 5.92 Å². The number of rotatable bonds is 5. The first kappa shape index (κ1) is 12.6. The van der Waals surface area contributed by atoms with E-state index in [0.717, 1.165) is 16.6 Å². The fraction of sp³-hybridized carbons (Fsp3) is 0.818. The van der Waals surface area contributed by atoms with Gasteiger partial charge in [0.05, 0.1) is 0 Å². The van der Waals surface area contributed by atoms with Gasteiger partial charge >= 0.3 is 0 Å². The molecule has 1 aromatic heterocycles. The molecule has 0 saturated carbocycles. The normalized spacial score (nSPS) is 15.6. The molecular weight excluding hydrogens is 206 g/mol. The molecule has 0 saturated heterocycles. The summed E-state index contributed by atoms with van der Waals surface area (Å²) >= 11 is 1.72. The molecule has 0 aliphatic heterocycles. The Balaban J connectivity index is 2.82. The van der Waals surface area contributed by atoms with Crippen LogP contribution in [0.1, 0.15) is 43.6 Å². The van der Waals surface area contributed by atoms with E-state index in [4.69, 9.17) is 0 Å². The lowest BCUT2D eigenvalue weighted by Gasteiger charge is -2.25. The molecule has 3 nitrogen and oxygen atoms in total. The third-order valence-corrected chi connectivity index (χ3v) is 3.55. The van der Waals surface area contributed by atoms with Gasteiger partial charge in [0.25, 0.3) is 0 Å². The Hall–Kier alpha value is -0.480. The van der Waals surface area contributed by atoms with Crippen molar-refractivity contribution in [3.8, 4) is 0 Å². The highest BCUT2D eigenvalue weighted by atomic mass is 32.1. The van der Waals surface area contributed by atoms with Gasteiger partial charge in [0.15, 0.2) is 0 Å². The molecule has 2 atom stereocenters. The number of nitrogens with one attached hydrogen (secondary N) is 1. The van der Waals surface area contributed by atoms with Gasteiger partial charge in [-0.2, -0.15) is 0 Å². The molecule has 0 fully saturated rings. The fourth-order valence-electron chi connectivity index (χ4n) is 1.97. The molecule has 0 aliphatic carbocycles. The van der Waals surface area contributed by atoms with Crippen molar-refractivity contribution in [2.45, 2.75) is 46.6 Å². The van der Waals surface area contributed by atoms with E-state index >= 15 is 0 Å². The summed E-state index contributed by atoms with van der Waals surface area (Å²) in [5.41, 5.74) is 0. The lowest BCUT2D eigenvalue weighted by molar-refractivity contribution is 0.380. The van der Waals surface area contributed by atoms with Crippen molar-refractivity contribution in [3.63, 3.8) is 0 Å². The van der Waals surface area contributed by atoms with Crippen LogP contribution in [-0.4, -0.2) is 22.8 Å². The number of likely N-dealkylation sites (N-methyl/N-ethyl adjacent to an activating group) is 1. The zero-order chi connectivity index (χ0) is 11.4. The van der Waals surface area contributed by atoms with Crippen LogP contribution in [0.4, 0.5) is 0 Å². The summed E-state index contributed by atoms with van der Waals surface area (Å²) in [6.45, 7) is 11.9. The number of hydrogen-bond acceptors (Lipinski definition) is 4. The second-order valence-corrected chi connectivity index (χ2v) is 5.49. The molecule has 86 valence electrons. The van der Waals surface area contributed by atoms with Crippen LogP contribution in [0.25, 0.3) is 0 Å². The van der Waals surface area contributed by atoms with Crippen LogP contribution in [0.15, 0.2) is 0 Å². The maximum absolute atomic E-state index is 4.27. The van der Waals surface area contributed by atoms with Gasteiger partial charge in [-0.1, -0.05) is 20.8 Å².